The number of phosphoric ester groups is 1. The lowest BCUT2D eigenvalue weighted by Gasteiger charge is -2.26. The minimum atomic E-state index is -4.13. The third kappa shape index (κ3) is 18.2. The highest BCUT2D eigenvalue weighted by atomic mass is 32.2. The molecule has 0 aromatic heterocycles. The predicted octanol–water partition coefficient (Wildman–Crippen LogP) is 9.22. The molecule has 0 bridgehead atoms. The molecule has 32 heavy (non-hydrogen) atoms. The van der Waals surface area contributed by atoms with Crippen molar-refractivity contribution in [3.63, 3.8) is 0 Å². The molecule has 8 heteroatoms. The number of thioether (sulfide) groups is 1. The van der Waals surface area contributed by atoms with Crippen LogP contribution in [0.25, 0.3) is 0 Å². The normalized spacial score (nSPS) is 15.2. The molecular formula is C24H49O6PS. The van der Waals surface area contributed by atoms with Gasteiger partial charge in [0, 0.05) is 5.25 Å². The number of carbonyl (C=O) groups is 1. The Hall–Kier alpha value is -0.230. The number of hydrogen-bond acceptors (Lipinski definition) is 6. The minimum Gasteiger partial charge on any atom is -0.449 e. The average molecular weight is 497 g/mol. The van der Waals surface area contributed by atoms with Crippen LogP contribution >= 0.6 is 19.6 Å². The topological polar surface area (TPSA) is 82.1 Å². The molecule has 0 amide bonds. The molecule has 0 aliphatic rings. The van der Waals surface area contributed by atoms with Gasteiger partial charge in [-0.3, -0.25) is 9.05 Å². The van der Waals surface area contributed by atoms with Crippen LogP contribution in [0.2, 0.25) is 0 Å². The second kappa shape index (κ2) is 21.3. The van der Waals surface area contributed by atoms with Crippen LogP contribution in [0.5, 0.6) is 0 Å². The van der Waals surface area contributed by atoms with Crippen LogP contribution in [0, 0.1) is 0 Å². The van der Waals surface area contributed by atoms with E-state index < -0.39 is 20.1 Å². The highest BCUT2D eigenvalue weighted by Crippen LogP contribution is 2.52. The standard InChI is InChI=1S/C24H49O6PS/c1-5-8-10-12-13-14-15-16-18-21-32-23(19-17-11-9-6-2)22(4)29-31(27,28-20-7-3)30-24(25)26/h22-23H,5-21H2,1-4H3,(H,25,26). The smallest absolute Gasteiger partial charge is 0.449 e. The molecule has 0 spiro atoms. The predicted molar refractivity (Wildman–Crippen MR) is 136 cm³/mol. The van der Waals surface area contributed by atoms with Crippen molar-refractivity contribution in [2.75, 3.05) is 12.4 Å². The Morgan fingerprint density at radius 3 is 1.91 bits per heavy atom. The fourth-order valence-electron chi connectivity index (χ4n) is 3.52. The molecule has 0 heterocycles. The summed E-state index contributed by atoms with van der Waals surface area (Å²) in [5, 5.41) is 9.08. The molecule has 3 atom stereocenters. The zero-order valence-electron chi connectivity index (χ0n) is 21.0. The Kier molecular flexibility index (Phi) is 21.2. The largest absolute Gasteiger partial charge is 0.534 e. The summed E-state index contributed by atoms with van der Waals surface area (Å²) in [5.41, 5.74) is 0. The van der Waals surface area contributed by atoms with E-state index in [9.17, 15) is 9.36 Å². The van der Waals surface area contributed by atoms with Crippen molar-refractivity contribution in [2.45, 2.75) is 135 Å². The first-order valence-electron chi connectivity index (χ1n) is 12.9. The van der Waals surface area contributed by atoms with Gasteiger partial charge in [0.15, 0.2) is 0 Å². The highest BCUT2D eigenvalue weighted by molar-refractivity contribution is 7.99. The van der Waals surface area contributed by atoms with Crippen LogP contribution in [0.1, 0.15) is 124 Å². The van der Waals surface area contributed by atoms with Gasteiger partial charge in [-0.2, -0.15) is 11.8 Å². The fourth-order valence-corrected chi connectivity index (χ4v) is 6.25. The molecule has 0 aromatic rings. The molecule has 0 aliphatic heterocycles. The summed E-state index contributed by atoms with van der Waals surface area (Å²) in [6.07, 6.45) is 15.8. The van der Waals surface area contributed by atoms with Crippen molar-refractivity contribution in [1.29, 1.82) is 0 Å². The lowest BCUT2D eigenvalue weighted by Crippen LogP contribution is -2.24. The van der Waals surface area contributed by atoms with Crippen LogP contribution < -0.4 is 0 Å². The molecule has 0 aromatic carbocycles. The summed E-state index contributed by atoms with van der Waals surface area (Å²) in [6.45, 7) is 8.26. The average Bonchev–Trinajstić information content (AvgIpc) is 2.74. The number of hydrogen-bond donors (Lipinski definition) is 1. The van der Waals surface area contributed by atoms with Gasteiger partial charge < -0.3 is 9.63 Å². The second-order valence-corrected chi connectivity index (χ2v) is 11.4. The molecule has 0 fully saturated rings. The number of phosphoric acid groups is 1. The molecule has 0 saturated carbocycles. The Morgan fingerprint density at radius 2 is 1.38 bits per heavy atom. The first-order chi connectivity index (χ1) is 15.4. The summed E-state index contributed by atoms with van der Waals surface area (Å²) in [4.78, 5) is 11.0. The van der Waals surface area contributed by atoms with E-state index in [1.54, 1.807) is 0 Å². The van der Waals surface area contributed by atoms with E-state index in [4.69, 9.17) is 14.2 Å². The van der Waals surface area contributed by atoms with E-state index in [-0.39, 0.29) is 11.9 Å². The van der Waals surface area contributed by atoms with Crippen LogP contribution in [0.3, 0.4) is 0 Å². The number of rotatable bonds is 23. The summed E-state index contributed by atoms with van der Waals surface area (Å²) in [7, 11) is -4.13. The van der Waals surface area contributed by atoms with Gasteiger partial charge in [-0.15, -0.1) is 0 Å². The third-order valence-electron chi connectivity index (χ3n) is 5.38. The van der Waals surface area contributed by atoms with Gasteiger partial charge in [-0.25, -0.2) is 9.36 Å². The van der Waals surface area contributed by atoms with Crippen molar-refractivity contribution in [2.24, 2.45) is 0 Å². The first-order valence-corrected chi connectivity index (χ1v) is 15.4. The highest BCUT2D eigenvalue weighted by Gasteiger charge is 2.35. The van der Waals surface area contributed by atoms with E-state index in [1.165, 1.54) is 64.2 Å². The van der Waals surface area contributed by atoms with E-state index in [0.29, 0.717) is 6.42 Å². The molecular weight excluding hydrogens is 447 g/mol. The van der Waals surface area contributed by atoms with Gasteiger partial charge in [0.05, 0.1) is 12.7 Å². The van der Waals surface area contributed by atoms with E-state index in [1.807, 2.05) is 25.6 Å². The molecule has 0 saturated heterocycles. The fraction of sp³-hybridized carbons (Fsp3) is 0.958. The van der Waals surface area contributed by atoms with Crippen molar-refractivity contribution in [1.82, 2.24) is 0 Å². The van der Waals surface area contributed by atoms with Gasteiger partial charge in [-0.05, 0) is 31.9 Å². The SMILES string of the molecule is CCCCCCCCCCCSC(CCCCCC)C(C)OP(=O)(OCCC)OC(=O)O. The van der Waals surface area contributed by atoms with Crippen LogP contribution in [-0.4, -0.2) is 35.0 Å². The number of carboxylic acid groups (broad SMARTS) is 1. The maximum absolute atomic E-state index is 12.8. The van der Waals surface area contributed by atoms with Crippen LogP contribution in [0.4, 0.5) is 4.79 Å². The Balaban J connectivity index is 4.53. The zero-order chi connectivity index (χ0) is 24.1. The van der Waals surface area contributed by atoms with Gasteiger partial charge >= 0.3 is 14.0 Å². The lowest BCUT2D eigenvalue weighted by atomic mass is 10.1. The van der Waals surface area contributed by atoms with Crippen molar-refractivity contribution < 1.29 is 28.0 Å². The maximum Gasteiger partial charge on any atom is 0.534 e. The Bertz CT molecular complexity index is 491. The monoisotopic (exact) mass is 496 g/mol. The van der Waals surface area contributed by atoms with Gasteiger partial charge in [0.2, 0.25) is 0 Å². The van der Waals surface area contributed by atoms with E-state index in [2.05, 4.69) is 18.4 Å². The maximum atomic E-state index is 12.8. The molecule has 192 valence electrons. The van der Waals surface area contributed by atoms with Crippen molar-refractivity contribution >= 4 is 25.7 Å². The van der Waals surface area contributed by atoms with E-state index >= 15 is 0 Å². The molecule has 0 aliphatic carbocycles. The summed E-state index contributed by atoms with van der Waals surface area (Å²) in [6, 6.07) is 0. The summed E-state index contributed by atoms with van der Waals surface area (Å²) < 4.78 is 28.1. The second-order valence-electron chi connectivity index (χ2n) is 8.54. The number of unbranched alkanes of at least 4 members (excludes halogenated alkanes) is 11. The molecule has 6 nitrogen and oxygen atoms in total. The quantitative estimate of drug-likeness (QED) is 0.111. The lowest BCUT2D eigenvalue weighted by molar-refractivity contribution is 0.0764. The Morgan fingerprint density at radius 1 is 0.844 bits per heavy atom. The molecule has 0 radical (unpaired) electrons. The van der Waals surface area contributed by atoms with Gasteiger partial charge in [0.25, 0.3) is 0 Å². The molecule has 0 rings (SSSR count). The summed E-state index contributed by atoms with van der Waals surface area (Å²) >= 11 is 1.84. The minimum absolute atomic E-state index is 0.129. The van der Waals surface area contributed by atoms with Crippen molar-refractivity contribution in [3.8, 4) is 0 Å². The van der Waals surface area contributed by atoms with E-state index in [0.717, 1.165) is 31.4 Å². The third-order valence-corrected chi connectivity index (χ3v) is 8.43. The summed E-state index contributed by atoms with van der Waals surface area (Å²) in [5.74, 6) is 1.03. The Labute approximate surface area is 201 Å². The van der Waals surface area contributed by atoms with Crippen LogP contribution in [0.15, 0.2) is 0 Å². The molecule has 3 unspecified atom stereocenters. The first kappa shape index (κ1) is 31.8. The van der Waals surface area contributed by atoms with Gasteiger partial charge in [-0.1, -0.05) is 97.8 Å². The van der Waals surface area contributed by atoms with Gasteiger partial charge in [0.1, 0.15) is 0 Å². The van der Waals surface area contributed by atoms with Crippen LogP contribution in [-0.2, 0) is 18.1 Å². The molecule has 1 N–H and O–H groups in total. The van der Waals surface area contributed by atoms with Crippen molar-refractivity contribution in [3.05, 3.63) is 0 Å². The zero-order valence-corrected chi connectivity index (χ0v) is 22.7.